The average Bonchev–Trinajstić information content (AvgIpc) is 3.24. The maximum atomic E-state index is 11.8. The first-order valence-electron chi connectivity index (χ1n) is 10.0. The van der Waals surface area contributed by atoms with E-state index < -0.39 is 0 Å². The normalized spacial score (nSPS) is 21.1. The van der Waals surface area contributed by atoms with Crippen molar-refractivity contribution in [2.75, 3.05) is 39.9 Å². The molecule has 1 atom stereocenters. The second-order valence-corrected chi connectivity index (χ2v) is 7.19. The number of nitrogens with one attached hydrogen (secondary N) is 1. The lowest BCUT2D eigenvalue weighted by Crippen LogP contribution is -2.47. The number of nitrogens with zero attached hydrogens (tertiary/aromatic N) is 2. The Bertz CT molecular complexity index is 595. The molecule has 0 spiro atoms. The number of hydrogen-bond donors (Lipinski definition) is 1. The molecule has 0 radical (unpaired) electrons. The predicted octanol–water partition coefficient (Wildman–Crippen LogP) is 2.84. The van der Waals surface area contributed by atoms with E-state index in [-0.39, 0.29) is 42.0 Å². The molecule has 1 N–H and O–H groups in total. The first-order valence-corrected chi connectivity index (χ1v) is 10.0. The highest BCUT2D eigenvalue weighted by Gasteiger charge is 2.27. The van der Waals surface area contributed by atoms with Crippen LogP contribution in [-0.2, 0) is 20.7 Å². The number of hydrogen-bond acceptors (Lipinski definition) is 5. The van der Waals surface area contributed by atoms with E-state index in [1.165, 1.54) is 13.5 Å². The standard InChI is InChI=1S/C20H31N3O4.HI/c1-25-19(24)16-8-11-23(12-9-16)20(21-10-7-17-6-4-14-26-17)22-15-18-5-2-3-13-27-18;/h4,6,14,16,18H,2-3,5,7-13,15H2,1H3,(H,21,22);1H. The van der Waals surface area contributed by atoms with Crippen LogP contribution in [0.2, 0.25) is 0 Å². The lowest BCUT2D eigenvalue weighted by Gasteiger charge is -2.33. The van der Waals surface area contributed by atoms with Gasteiger partial charge in [-0.15, -0.1) is 24.0 Å². The largest absolute Gasteiger partial charge is 0.469 e. The van der Waals surface area contributed by atoms with Gasteiger partial charge >= 0.3 is 5.97 Å². The topological polar surface area (TPSA) is 76.3 Å². The Hall–Kier alpha value is -1.29. The van der Waals surface area contributed by atoms with Gasteiger partial charge < -0.3 is 24.1 Å². The first-order chi connectivity index (χ1) is 13.3. The zero-order chi connectivity index (χ0) is 18.9. The Labute approximate surface area is 184 Å². The van der Waals surface area contributed by atoms with Crippen LogP contribution in [0.3, 0.4) is 0 Å². The van der Waals surface area contributed by atoms with Crippen molar-refractivity contribution >= 4 is 35.9 Å². The number of piperidine rings is 1. The highest BCUT2D eigenvalue weighted by Crippen LogP contribution is 2.19. The van der Waals surface area contributed by atoms with Crippen molar-refractivity contribution in [3.63, 3.8) is 0 Å². The molecule has 2 aliphatic heterocycles. The Morgan fingerprint density at radius 2 is 2.14 bits per heavy atom. The smallest absolute Gasteiger partial charge is 0.308 e. The molecule has 0 saturated carbocycles. The summed E-state index contributed by atoms with van der Waals surface area (Å²) >= 11 is 0. The third-order valence-corrected chi connectivity index (χ3v) is 5.28. The first kappa shape index (κ1) is 23.0. The summed E-state index contributed by atoms with van der Waals surface area (Å²) in [7, 11) is 1.46. The van der Waals surface area contributed by atoms with Gasteiger partial charge in [-0.3, -0.25) is 9.79 Å². The number of likely N-dealkylation sites (tertiary alicyclic amines) is 1. The molecule has 1 unspecified atom stereocenters. The molecule has 2 fully saturated rings. The van der Waals surface area contributed by atoms with Crippen LogP contribution >= 0.6 is 24.0 Å². The van der Waals surface area contributed by atoms with Crippen LogP contribution in [0.15, 0.2) is 27.8 Å². The third-order valence-electron chi connectivity index (χ3n) is 5.28. The van der Waals surface area contributed by atoms with Crippen LogP contribution in [0.4, 0.5) is 0 Å². The lowest BCUT2D eigenvalue weighted by atomic mass is 9.97. The van der Waals surface area contributed by atoms with Gasteiger partial charge in [-0.25, -0.2) is 0 Å². The van der Waals surface area contributed by atoms with Gasteiger partial charge in [0.25, 0.3) is 0 Å². The van der Waals surface area contributed by atoms with Gasteiger partial charge in [0.1, 0.15) is 5.76 Å². The molecule has 1 aromatic rings. The zero-order valence-electron chi connectivity index (χ0n) is 16.6. The van der Waals surface area contributed by atoms with Crippen molar-refractivity contribution in [3.8, 4) is 0 Å². The van der Waals surface area contributed by atoms with E-state index in [4.69, 9.17) is 18.9 Å². The van der Waals surface area contributed by atoms with Gasteiger partial charge in [0.15, 0.2) is 5.96 Å². The minimum Gasteiger partial charge on any atom is -0.469 e. The summed E-state index contributed by atoms with van der Waals surface area (Å²) in [6.45, 7) is 3.89. The lowest BCUT2D eigenvalue weighted by molar-refractivity contribution is -0.146. The van der Waals surface area contributed by atoms with E-state index in [9.17, 15) is 4.79 Å². The van der Waals surface area contributed by atoms with E-state index in [1.807, 2.05) is 12.1 Å². The number of rotatable bonds is 6. The van der Waals surface area contributed by atoms with Gasteiger partial charge in [0.05, 0.1) is 31.9 Å². The van der Waals surface area contributed by atoms with Crippen LogP contribution < -0.4 is 5.32 Å². The van der Waals surface area contributed by atoms with E-state index >= 15 is 0 Å². The maximum Gasteiger partial charge on any atom is 0.308 e. The fourth-order valence-corrected chi connectivity index (χ4v) is 3.65. The van der Waals surface area contributed by atoms with E-state index in [2.05, 4.69) is 10.2 Å². The zero-order valence-corrected chi connectivity index (χ0v) is 18.9. The molecule has 2 saturated heterocycles. The Balaban J connectivity index is 0.00000280. The molecular formula is C20H32IN3O4. The maximum absolute atomic E-state index is 11.8. The average molecular weight is 505 g/mol. The quantitative estimate of drug-likeness (QED) is 0.278. The Morgan fingerprint density at radius 3 is 2.79 bits per heavy atom. The van der Waals surface area contributed by atoms with Crippen molar-refractivity contribution < 1.29 is 18.7 Å². The monoisotopic (exact) mass is 505 g/mol. The Morgan fingerprint density at radius 1 is 1.32 bits per heavy atom. The van der Waals surface area contributed by atoms with E-state index in [0.717, 1.165) is 70.1 Å². The molecular weight excluding hydrogens is 473 g/mol. The minimum atomic E-state index is -0.102. The molecule has 3 rings (SSSR count). The molecule has 0 aliphatic carbocycles. The number of aliphatic imine (C=N–C) groups is 1. The summed E-state index contributed by atoms with van der Waals surface area (Å²) in [5.41, 5.74) is 0. The van der Waals surface area contributed by atoms with Crippen molar-refractivity contribution in [2.24, 2.45) is 10.9 Å². The highest BCUT2D eigenvalue weighted by atomic mass is 127. The van der Waals surface area contributed by atoms with Crippen molar-refractivity contribution in [2.45, 2.75) is 44.6 Å². The second kappa shape index (κ2) is 12.3. The third kappa shape index (κ3) is 6.95. The van der Waals surface area contributed by atoms with E-state index in [0.29, 0.717) is 6.54 Å². The van der Waals surface area contributed by atoms with Gasteiger partial charge in [-0.05, 0) is 44.2 Å². The van der Waals surface area contributed by atoms with Crippen molar-refractivity contribution in [1.82, 2.24) is 10.2 Å². The summed E-state index contributed by atoms with van der Waals surface area (Å²) in [6.07, 6.45) is 7.76. The van der Waals surface area contributed by atoms with Crippen LogP contribution in [0.5, 0.6) is 0 Å². The molecule has 0 bridgehead atoms. The van der Waals surface area contributed by atoms with Gasteiger partial charge in [-0.1, -0.05) is 0 Å². The molecule has 2 aliphatic rings. The molecule has 8 heteroatoms. The van der Waals surface area contributed by atoms with Crippen LogP contribution in [0, 0.1) is 5.92 Å². The predicted molar refractivity (Wildman–Crippen MR) is 118 cm³/mol. The SMILES string of the molecule is COC(=O)C1CCN(C(=NCC2CCCCO2)NCCc2ccco2)CC1.I. The summed E-state index contributed by atoms with van der Waals surface area (Å²) in [5, 5.41) is 3.47. The number of esters is 1. The van der Waals surface area contributed by atoms with Gasteiger partial charge in [0, 0.05) is 32.7 Å². The molecule has 1 aromatic heterocycles. The van der Waals surface area contributed by atoms with Gasteiger partial charge in [-0.2, -0.15) is 0 Å². The van der Waals surface area contributed by atoms with Crippen LogP contribution in [-0.4, -0.2) is 62.8 Å². The minimum absolute atomic E-state index is 0. The highest BCUT2D eigenvalue weighted by molar-refractivity contribution is 14.0. The van der Waals surface area contributed by atoms with Crippen molar-refractivity contribution in [1.29, 1.82) is 0 Å². The number of ether oxygens (including phenoxy) is 2. The molecule has 28 heavy (non-hydrogen) atoms. The molecule has 158 valence electrons. The molecule has 7 nitrogen and oxygen atoms in total. The second-order valence-electron chi connectivity index (χ2n) is 7.19. The van der Waals surface area contributed by atoms with E-state index in [1.54, 1.807) is 6.26 Å². The molecule has 3 heterocycles. The van der Waals surface area contributed by atoms with Gasteiger partial charge in [0.2, 0.25) is 0 Å². The summed E-state index contributed by atoms with van der Waals surface area (Å²) in [4.78, 5) is 18.8. The summed E-state index contributed by atoms with van der Waals surface area (Å²) in [6, 6.07) is 3.89. The number of halogens is 1. The molecule has 0 aromatic carbocycles. The fourth-order valence-electron chi connectivity index (χ4n) is 3.65. The number of methoxy groups -OCH3 is 1. The number of guanidine groups is 1. The van der Waals surface area contributed by atoms with Crippen LogP contribution in [0.25, 0.3) is 0 Å². The summed E-state index contributed by atoms with van der Waals surface area (Å²) < 4.78 is 16.1. The number of furan rings is 1. The number of carbonyl (C=O) groups excluding carboxylic acids is 1. The molecule has 0 amide bonds. The number of carbonyl (C=O) groups is 1. The van der Waals surface area contributed by atoms with Crippen LogP contribution in [0.1, 0.15) is 37.9 Å². The van der Waals surface area contributed by atoms with Crippen molar-refractivity contribution in [3.05, 3.63) is 24.2 Å². The summed E-state index contributed by atoms with van der Waals surface area (Å²) in [5.74, 6) is 1.76. The Kier molecular flexibility index (Phi) is 10.1. The fraction of sp³-hybridized carbons (Fsp3) is 0.700.